The molecule has 0 aromatic heterocycles. The number of hydrogen-bond acceptors (Lipinski definition) is 3. The molecule has 98 valence electrons. The minimum Gasteiger partial charge on any atom is -0.298 e. The van der Waals surface area contributed by atoms with Gasteiger partial charge in [0, 0.05) is 11.3 Å². The van der Waals surface area contributed by atoms with E-state index in [1.807, 2.05) is 0 Å². The highest BCUT2D eigenvalue weighted by molar-refractivity contribution is 7.92. The lowest BCUT2D eigenvalue weighted by atomic mass is 10.2. The number of aldehydes is 1. The topological polar surface area (TPSA) is 63.2 Å². The van der Waals surface area contributed by atoms with Crippen LogP contribution in [0.5, 0.6) is 0 Å². The molecule has 0 bridgehead atoms. The number of carbonyl (C=O) groups is 1. The van der Waals surface area contributed by atoms with Crippen molar-refractivity contribution in [1.82, 2.24) is 0 Å². The molecule has 0 unspecified atom stereocenters. The molecule has 6 heteroatoms. The van der Waals surface area contributed by atoms with Crippen molar-refractivity contribution >= 4 is 22.0 Å². The predicted octanol–water partition coefficient (Wildman–Crippen LogP) is 2.44. The molecular formula is C13H10FNO3S. The van der Waals surface area contributed by atoms with Crippen molar-refractivity contribution in [2.75, 3.05) is 4.72 Å². The third-order valence-electron chi connectivity index (χ3n) is 2.42. The molecule has 1 N–H and O–H groups in total. The first-order chi connectivity index (χ1) is 9.01. The Morgan fingerprint density at radius 1 is 0.947 bits per heavy atom. The highest BCUT2D eigenvalue weighted by Crippen LogP contribution is 2.16. The van der Waals surface area contributed by atoms with Gasteiger partial charge in [0.25, 0.3) is 10.0 Å². The Balaban J connectivity index is 2.25. The molecule has 0 amide bonds. The van der Waals surface area contributed by atoms with Crippen molar-refractivity contribution in [2.24, 2.45) is 0 Å². The van der Waals surface area contributed by atoms with Gasteiger partial charge in [-0.3, -0.25) is 9.52 Å². The lowest BCUT2D eigenvalue weighted by Crippen LogP contribution is -2.12. The van der Waals surface area contributed by atoms with E-state index in [4.69, 9.17) is 0 Å². The van der Waals surface area contributed by atoms with Crippen LogP contribution in [0.1, 0.15) is 10.4 Å². The molecule has 4 nitrogen and oxygen atoms in total. The van der Waals surface area contributed by atoms with E-state index in [0.717, 1.165) is 12.1 Å². The van der Waals surface area contributed by atoms with Gasteiger partial charge >= 0.3 is 0 Å². The van der Waals surface area contributed by atoms with E-state index in [-0.39, 0.29) is 4.90 Å². The first-order valence-corrected chi connectivity index (χ1v) is 6.83. The Hall–Kier alpha value is -2.21. The average molecular weight is 279 g/mol. The molecule has 0 aliphatic rings. The van der Waals surface area contributed by atoms with E-state index >= 15 is 0 Å². The Morgan fingerprint density at radius 3 is 2.05 bits per heavy atom. The molecule has 2 aromatic carbocycles. The minimum atomic E-state index is -3.75. The highest BCUT2D eigenvalue weighted by Gasteiger charge is 2.13. The van der Waals surface area contributed by atoms with Crippen molar-refractivity contribution in [1.29, 1.82) is 0 Å². The number of sulfonamides is 1. The summed E-state index contributed by atoms with van der Waals surface area (Å²) in [4.78, 5) is 10.4. The smallest absolute Gasteiger partial charge is 0.261 e. The number of halogens is 1. The van der Waals surface area contributed by atoms with Crippen LogP contribution in [0.4, 0.5) is 10.1 Å². The number of nitrogens with one attached hydrogen (secondary N) is 1. The Kier molecular flexibility index (Phi) is 3.62. The van der Waals surface area contributed by atoms with Gasteiger partial charge in [0.2, 0.25) is 0 Å². The van der Waals surface area contributed by atoms with Gasteiger partial charge in [0.1, 0.15) is 12.1 Å². The van der Waals surface area contributed by atoms with Crippen LogP contribution in [0, 0.1) is 5.82 Å². The van der Waals surface area contributed by atoms with Crippen molar-refractivity contribution in [2.45, 2.75) is 4.90 Å². The molecule has 0 saturated carbocycles. The Labute approximate surface area is 109 Å². The second-order valence-electron chi connectivity index (χ2n) is 3.80. The molecular weight excluding hydrogens is 269 g/mol. The molecule has 2 rings (SSSR count). The van der Waals surface area contributed by atoms with E-state index in [1.165, 1.54) is 36.4 Å². The van der Waals surface area contributed by atoms with E-state index in [9.17, 15) is 17.6 Å². The fourth-order valence-corrected chi connectivity index (χ4v) is 2.52. The summed E-state index contributed by atoms with van der Waals surface area (Å²) in [6.07, 6.45) is 0.665. The Morgan fingerprint density at radius 2 is 1.53 bits per heavy atom. The number of carbonyl (C=O) groups excluding carboxylic acids is 1. The molecule has 0 fully saturated rings. The summed E-state index contributed by atoms with van der Waals surface area (Å²) in [5.41, 5.74) is 0.777. The van der Waals surface area contributed by atoms with E-state index < -0.39 is 15.8 Å². The van der Waals surface area contributed by atoms with E-state index in [1.54, 1.807) is 0 Å². The summed E-state index contributed by atoms with van der Waals surface area (Å²) in [6, 6.07) is 10.4. The summed E-state index contributed by atoms with van der Waals surface area (Å²) in [5.74, 6) is -0.505. The van der Waals surface area contributed by atoms with Crippen molar-refractivity contribution < 1.29 is 17.6 Å². The van der Waals surface area contributed by atoms with Crippen molar-refractivity contribution in [3.8, 4) is 0 Å². The second kappa shape index (κ2) is 5.19. The third-order valence-corrected chi connectivity index (χ3v) is 3.82. The van der Waals surface area contributed by atoms with Gasteiger partial charge in [0.05, 0.1) is 4.90 Å². The predicted molar refractivity (Wildman–Crippen MR) is 69.0 cm³/mol. The lowest BCUT2D eigenvalue weighted by Gasteiger charge is -2.08. The molecule has 0 heterocycles. The van der Waals surface area contributed by atoms with Gasteiger partial charge in [-0.1, -0.05) is 0 Å². The van der Waals surface area contributed by atoms with Crippen LogP contribution in [0.25, 0.3) is 0 Å². The molecule has 0 spiro atoms. The zero-order chi connectivity index (χ0) is 13.9. The molecule has 0 saturated heterocycles. The summed E-state index contributed by atoms with van der Waals surface area (Å²) in [5, 5.41) is 0. The summed E-state index contributed by atoms with van der Waals surface area (Å²) >= 11 is 0. The molecule has 0 atom stereocenters. The van der Waals surface area contributed by atoms with Gasteiger partial charge in [0.15, 0.2) is 0 Å². The molecule has 19 heavy (non-hydrogen) atoms. The monoisotopic (exact) mass is 279 g/mol. The van der Waals surface area contributed by atoms with Crippen LogP contribution in [0.15, 0.2) is 53.4 Å². The second-order valence-corrected chi connectivity index (χ2v) is 5.48. The molecule has 0 radical (unpaired) electrons. The van der Waals surface area contributed by atoms with Crippen LogP contribution >= 0.6 is 0 Å². The summed E-state index contributed by atoms with van der Waals surface area (Å²) < 4.78 is 39.0. The standard InChI is InChI=1S/C13H10FNO3S/c14-11-3-7-13(8-4-11)19(17,18)15-12-5-1-10(9-16)2-6-12/h1-9,15H. The normalized spacial score (nSPS) is 11.0. The molecule has 0 aliphatic heterocycles. The van der Waals surface area contributed by atoms with Gasteiger partial charge in [-0.2, -0.15) is 0 Å². The fraction of sp³-hybridized carbons (Fsp3) is 0. The van der Waals surface area contributed by atoms with Gasteiger partial charge in [-0.05, 0) is 48.5 Å². The van der Waals surface area contributed by atoms with Crippen LogP contribution in [0.3, 0.4) is 0 Å². The van der Waals surface area contributed by atoms with E-state index in [2.05, 4.69) is 4.72 Å². The number of anilines is 1. The number of benzene rings is 2. The molecule has 0 aliphatic carbocycles. The highest BCUT2D eigenvalue weighted by atomic mass is 32.2. The quantitative estimate of drug-likeness (QED) is 0.874. The first-order valence-electron chi connectivity index (χ1n) is 5.35. The zero-order valence-electron chi connectivity index (χ0n) is 9.71. The lowest BCUT2D eigenvalue weighted by molar-refractivity contribution is 0.112. The Bertz CT molecular complexity index is 679. The van der Waals surface area contributed by atoms with Crippen molar-refractivity contribution in [3.05, 3.63) is 59.9 Å². The molecule has 2 aromatic rings. The van der Waals surface area contributed by atoms with Crippen LogP contribution in [-0.2, 0) is 10.0 Å². The number of hydrogen-bond donors (Lipinski definition) is 1. The number of rotatable bonds is 4. The average Bonchev–Trinajstić information content (AvgIpc) is 2.40. The SMILES string of the molecule is O=Cc1ccc(NS(=O)(=O)c2ccc(F)cc2)cc1. The van der Waals surface area contributed by atoms with E-state index in [0.29, 0.717) is 17.5 Å². The summed E-state index contributed by atoms with van der Waals surface area (Å²) in [7, 11) is -3.75. The fourth-order valence-electron chi connectivity index (χ4n) is 1.46. The maximum atomic E-state index is 12.7. The largest absolute Gasteiger partial charge is 0.298 e. The van der Waals surface area contributed by atoms with Gasteiger partial charge < -0.3 is 0 Å². The first kappa shape index (κ1) is 13.2. The maximum absolute atomic E-state index is 12.7. The van der Waals surface area contributed by atoms with Crippen LogP contribution in [-0.4, -0.2) is 14.7 Å². The van der Waals surface area contributed by atoms with Gasteiger partial charge in [-0.25, -0.2) is 12.8 Å². The van der Waals surface area contributed by atoms with Gasteiger partial charge in [-0.15, -0.1) is 0 Å². The maximum Gasteiger partial charge on any atom is 0.261 e. The zero-order valence-corrected chi connectivity index (χ0v) is 10.5. The van der Waals surface area contributed by atoms with Crippen LogP contribution < -0.4 is 4.72 Å². The van der Waals surface area contributed by atoms with Crippen molar-refractivity contribution in [3.63, 3.8) is 0 Å². The third kappa shape index (κ3) is 3.17. The summed E-state index contributed by atoms with van der Waals surface area (Å²) in [6.45, 7) is 0. The van der Waals surface area contributed by atoms with Crippen LogP contribution in [0.2, 0.25) is 0 Å². The minimum absolute atomic E-state index is 0.0339.